The fraction of sp³-hybridized carbons (Fsp3) is 0.250. The van der Waals surface area contributed by atoms with Crippen LogP contribution in [-0.2, 0) is 13.5 Å². The molecular formula is C12H14N4O. The van der Waals surface area contributed by atoms with E-state index in [-0.39, 0.29) is 5.91 Å². The van der Waals surface area contributed by atoms with Gasteiger partial charge in [0.25, 0.3) is 5.91 Å². The molecule has 0 spiro atoms. The van der Waals surface area contributed by atoms with Gasteiger partial charge in [-0.1, -0.05) is 0 Å². The molecule has 0 aromatic carbocycles. The summed E-state index contributed by atoms with van der Waals surface area (Å²) in [4.78, 5) is 15.5. The normalized spacial score (nSPS) is 10.2. The highest BCUT2D eigenvalue weighted by Crippen LogP contribution is 1.98. The molecule has 0 aliphatic rings. The minimum atomic E-state index is -0.0729. The van der Waals surface area contributed by atoms with E-state index in [4.69, 9.17) is 0 Å². The number of nitrogens with zero attached hydrogens (tertiary/aromatic N) is 3. The molecule has 2 heterocycles. The van der Waals surface area contributed by atoms with Gasteiger partial charge >= 0.3 is 0 Å². The first-order chi connectivity index (χ1) is 8.25. The number of carbonyl (C=O) groups is 1. The van der Waals surface area contributed by atoms with Crippen LogP contribution >= 0.6 is 0 Å². The van der Waals surface area contributed by atoms with Crippen molar-refractivity contribution in [3.63, 3.8) is 0 Å². The molecule has 5 heteroatoms. The Morgan fingerprint density at radius 3 is 2.82 bits per heavy atom. The third-order valence-corrected chi connectivity index (χ3v) is 2.40. The number of carbonyl (C=O) groups excluding carboxylic acids is 1. The van der Waals surface area contributed by atoms with E-state index >= 15 is 0 Å². The molecule has 2 aromatic heterocycles. The number of amides is 1. The lowest BCUT2D eigenvalue weighted by molar-refractivity contribution is 0.0954. The highest BCUT2D eigenvalue weighted by atomic mass is 16.1. The van der Waals surface area contributed by atoms with Gasteiger partial charge < -0.3 is 5.32 Å². The van der Waals surface area contributed by atoms with Crippen LogP contribution in [0.2, 0.25) is 0 Å². The van der Waals surface area contributed by atoms with Crippen LogP contribution in [0.1, 0.15) is 15.9 Å². The zero-order valence-corrected chi connectivity index (χ0v) is 9.63. The summed E-state index contributed by atoms with van der Waals surface area (Å²) in [6.45, 7) is 0.604. The third-order valence-electron chi connectivity index (χ3n) is 2.40. The van der Waals surface area contributed by atoms with Gasteiger partial charge in [0.1, 0.15) is 0 Å². The van der Waals surface area contributed by atoms with Crippen LogP contribution in [0.4, 0.5) is 0 Å². The van der Waals surface area contributed by atoms with Gasteiger partial charge in [-0.25, -0.2) is 0 Å². The van der Waals surface area contributed by atoms with E-state index in [0.717, 1.165) is 12.0 Å². The van der Waals surface area contributed by atoms with Gasteiger partial charge in [0.2, 0.25) is 0 Å². The Balaban J connectivity index is 1.81. The second-order valence-electron chi connectivity index (χ2n) is 3.76. The lowest BCUT2D eigenvalue weighted by atomic mass is 10.2. The Morgan fingerprint density at radius 1 is 1.41 bits per heavy atom. The van der Waals surface area contributed by atoms with Gasteiger partial charge in [0.05, 0.1) is 6.20 Å². The molecule has 1 N–H and O–H groups in total. The minimum absolute atomic E-state index is 0.0729. The van der Waals surface area contributed by atoms with Gasteiger partial charge in [0, 0.05) is 37.7 Å². The van der Waals surface area contributed by atoms with E-state index in [9.17, 15) is 4.79 Å². The van der Waals surface area contributed by atoms with E-state index in [2.05, 4.69) is 15.4 Å². The van der Waals surface area contributed by atoms with Crippen LogP contribution in [0.5, 0.6) is 0 Å². The fourth-order valence-corrected chi connectivity index (χ4v) is 1.53. The quantitative estimate of drug-likeness (QED) is 0.844. The number of aromatic nitrogens is 3. The van der Waals surface area contributed by atoms with Crippen molar-refractivity contribution >= 4 is 5.91 Å². The summed E-state index contributed by atoms with van der Waals surface area (Å²) in [5.41, 5.74) is 1.74. The average Bonchev–Trinajstić information content (AvgIpc) is 2.76. The van der Waals surface area contributed by atoms with Crippen LogP contribution in [0.3, 0.4) is 0 Å². The van der Waals surface area contributed by atoms with E-state index in [1.165, 1.54) is 0 Å². The van der Waals surface area contributed by atoms with Crippen LogP contribution in [0.25, 0.3) is 0 Å². The first-order valence-electron chi connectivity index (χ1n) is 5.41. The van der Waals surface area contributed by atoms with E-state index in [1.807, 2.05) is 13.2 Å². The molecule has 0 aliphatic heterocycles. The van der Waals surface area contributed by atoms with Crippen molar-refractivity contribution in [2.24, 2.45) is 7.05 Å². The average molecular weight is 230 g/mol. The number of hydrogen-bond acceptors (Lipinski definition) is 3. The molecule has 0 radical (unpaired) electrons. The standard InChI is InChI=1S/C12H14N4O/c1-16-9-10(8-15-16)2-7-14-12(17)11-3-5-13-6-4-11/h3-6,8-9H,2,7H2,1H3,(H,14,17). The molecule has 0 aliphatic carbocycles. The first-order valence-corrected chi connectivity index (χ1v) is 5.41. The van der Waals surface area contributed by atoms with Gasteiger partial charge in [0.15, 0.2) is 0 Å². The zero-order chi connectivity index (χ0) is 12.1. The van der Waals surface area contributed by atoms with E-state index < -0.39 is 0 Å². The molecule has 1 amide bonds. The van der Waals surface area contributed by atoms with Crippen LogP contribution in [0, 0.1) is 0 Å². The maximum atomic E-state index is 11.7. The van der Waals surface area contributed by atoms with Crippen LogP contribution in [-0.4, -0.2) is 27.2 Å². The van der Waals surface area contributed by atoms with Gasteiger partial charge in [-0.05, 0) is 24.1 Å². The molecule has 0 atom stereocenters. The number of rotatable bonds is 4. The number of pyridine rings is 1. The Hall–Kier alpha value is -2.17. The Kier molecular flexibility index (Phi) is 3.49. The molecule has 0 unspecified atom stereocenters. The largest absolute Gasteiger partial charge is 0.352 e. The Morgan fingerprint density at radius 2 is 2.18 bits per heavy atom. The number of aryl methyl sites for hydroxylation is 1. The maximum absolute atomic E-state index is 11.7. The SMILES string of the molecule is Cn1cc(CCNC(=O)c2ccncc2)cn1. The molecule has 17 heavy (non-hydrogen) atoms. The second-order valence-corrected chi connectivity index (χ2v) is 3.76. The summed E-state index contributed by atoms with van der Waals surface area (Å²) >= 11 is 0. The summed E-state index contributed by atoms with van der Waals surface area (Å²) < 4.78 is 1.75. The highest BCUT2D eigenvalue weighted by Gasteiger charge is 2.03. The third kappa shape index (κ3) is 3.14. The smallest absolute Gasteiger partial charge is 0.251 e. The summed E-state index contributed by atoms with van der Waals surface area (Å²) in [5, 5.41) is 6.92. The van der Waals surface area contributed by atoms with Crippen molar-refractivity contribution < 1.29 is 4.79 Å². The number of hydrogen-bond donors (Lipinski definition) is 1. The molecule has 2 aromatic rings. The molecule has 2 rings (SSSR count). The van der Waals surface area contributed by atoms with Gasteiger partial charge in [-0.15, -0.1) is 0 Å². The summed E-state index contributed by atoms with van der Waals surface area (Å²) in [5.74, 6) is -0.0729. The Bertz CT molecular complexity index is 492. The summed E-state index contributed by atoms with van der Waals surface area (Å²) in [7, 11) is 1.87. The lowest BCUT2D eigenvalue weighted by Crippen LogP contribution is -2.25. The minimum Gasteiger partial charge on any atom is -0.352 e. The molecule has 0 fully saturated rings. The first kappa shape index (κ1) is 11.3. The van der Waals surface area contributed by atoms with E-state index in [0.29, 0.717) is 12.1 Å². The molecule has 0 saturated heterocycles. The van der Waals surface area contributed by atoms with Gasteiger partial charge in [-0.3, -0.25) is 14.5 Å². The van der Waals surface area contributed by atoms with Crippen molar-refractivity contribution in [3.8, 4) is 0 Å². The molecule has 0 bridgehead atoms. The summed E-state index contributed by atoms with van der Waals surface area (Å²) in [6.07, 6.45) is 7.74. The van der Waals surface area contributed by atoms with Crippen molar-refractivity contribution in [2.75, 3.05) is 6.54 Å². The molecule has 5 nitrogen and oxygen atoms in total. The van der Waals surface area contributed by atoms with Crippen molar-refractivity contribution in [3.05, 3.63) is 48.0 Å². The fourth-order valence-electron chi connectivity index (χ4n) is 1.53. The topological polar surface area (TPSA) is 59.8 Å². The highest BCUT2D eigenvalue weighted by molar-refractivity contribution is 5.93. The predicted octanol–water partition coefficient (Wildman–Crippen LogP) is 0.788. The number of nitrogens with one attached hydrogen (secondary N) is 1. The van der Waals surface area contributed by atoms with Crippen molar-refractivity contribution in [1.29, 1.82) is 0 Å². The molecular weight excluding hydrogens is 216 g/mol. The zero-order valence-electron chi connectivity index (χ0n) is 9.63. The maximum Gasteiger partial charge on any atom is 0.251 e. The predicted molar refractivity (Wildman–Crippen MR) is 63.5 cm³/mol. The monoisotopic (exact) mass is 230 g/mol. The molecule has 0 saturated carbocycles. The lowest BCUT2D eigenvalue weighted by Gasteiger charge is -2.03. The van der Waals surface area contributed by atoms with Crippen molar-refractivity contribution in [2.45, 2.75) is 6.42 Å². The second kappa shape index (κ2) is 5.25. The van der Waals surface area contributed by atoms with Crippen molar-refractivity contribution in [1.82, 2.24) is 20.1 Å². The van der Waals surface area contributed by atoms with E-state index in [1.54, 1.807) is 35.4 Å². The van der Waals surface area contributed by atoms with Crippen LogP contribution in [0.15, 0.2) is 36.9 Å². The van der Waals surface area contributed by atoms with Crippen LogP contribution < -0.4 is 5.32 Å². The Labute approximate surface area is 99.5 Å². The van der Waals surface area contributed by atoms with Gasteiger partial charge in [-0.2, -0.15) is 5.10 Å². The summed E-state index contributed by atoms with van der Waals surface area (Å²) in [6, 6.07) is 3.39. The molecule has 88 valence electrons.